The lowest BCUT2D eigenvalue weighted by molar-refractivity contribution is -0.404. The first-order valence-corrected chi connectivity index (χ1v) is 5.48. The zero-order valence-electron chi connectivity index (χ0n) is 9.30. The minimum Gasteiger partial charge on any atom is -0.367 e. The van der Waals surface area contributed by atoms with Gasteiger partial charge in [0, 0.05) is 25.0 Å². The first kappa shape index (κ1) is 11.4. The van der Waals surface area contributed by atoms with E-state index in [0.29, 0.717) is 5.82 Å². The maximum absolute atomic E-state index is 10.4. The van der Waals surface area contributed by atoms with E-state index in [2.05, 4.69) is 15.6 Å². The molecule has 2 rings (SSSR count). The molecule has 1 aliphatic rings. The van der Waals surface area contributed by atoms with Gasteiger partial charge in [0.15, 0.2) is 5.82 Å². The van der Waals surface area contributed by atoms with Gasteiger partial charge in [0.05, 0.1) is 4.92 Å². The van der Waals surface area contributed by atoms with E-state index in [0.717, 1.165) is 25.6 Å². The highest BCUT2D eigenvalue weighted by Gasteiger charge is 2.17. The Kier molecular flexibility index (Phi) is 3.54. The second-order valence-corrected chi connectivity index (χ2v) is 3.94. The van der Waals surface area contributed by atoms with Gasteiger partial charge in [-0.05, 0) is 30.5 Å². The number of hydrogen-bond acceptors (Lipinski definition) is 5. The smallest absolute Gasteiger partial charge is 0.274 e. The molecule has 0 amide bonds. The van der Waals surface area contributed by atoms with Crippen molar-refractivity contribution < 1.29 is 4.92 Å². The van der Waals surface area contributed by atoms with Gasteiger partial charge in [-0.25, -0.2) is 0 Å². The van der Waals surface area contributed by atoms with Crippen LogP contribution in [0.4, 0.5) is 0 Å². The van der Waals surface area contributed by atoms with Crippen LogP contribution >= 0.6 is 0 Å². The summed E-state index contributed by atoms with van der Waals surface area (Å²) >= 11 is 0. The lowest BCUT2D eigenvalue weighted by Crippen LogP contribution is -2.44. The van der Waals surface area contributed by atoms with Crippen molar-refractivity contribution in [1.29, 1.82) is 0 Å². The lowest BCUT2D eigenvalue weighted by atomic mass is 10.0. The molecule has 1 aromatic rings. The van der Waals surface area contributed by atoms with Gasteiger partial charge < -0.3 is 10.6 Å². The summed E-state index contributed by atoms with van der Waals surface area (Å²) in [6, 6.07) is 4.14. The van der Waals surface area contributed by atoms with Crippen LogP contribution in [0.25, 0.3) is 0 Å². The molecule has 0 spiro atoms. The van der Waals surface area contributed by atoms with Gasteiger partial charge in [0.25, 0.3) is 6.20 Å². The molecule has 0 radical (unpaired) electrons. The molecule has 0 aromatic carbocycles. The molecule has 0 saturated carbocycles. The molecule has 17 heavy (non-hydrogen) atoms. The summed E-state index contributed by atoms with van der Waals surface area (Å²) in [5, 5.41) is 16.5. The molecular weight excluding hydrogens is 220 g/mol. The van der Waals surface area contributed by atoms with Crippen molar-refractivity contribution in [2.45, 2.75) is 18.9 Å². The van der Waals surface area contributed by atoms with Crippen LogP contribution in [-0.4, -0.2) is 22.5 Å². The molecule has 6 heteroatoms. The average Bonchev–Trinajstić information content (AvgIpc) is 2.30. The van der Waals surface area contributed by atoms with E-state index in [1.165, 1.54) is 5.56 Å². The van der Waals surface area contributed by atoms with E-state index >= 15 is 0 Å². The third kappa shape index (κ3) is 3.44. The number of rotatable bonds is 3. The highest BCUT2D eigenvalue weighted by molar-refractivity contribution is 5.13. The Morgan fingerprint density at radius 3 is 3.00 bits per heavy atom. The van der Waals surface area contributed by atoms with Crippen molar-refractivity contribution >= 4 is 0 Å². The van der Waals surface area contributed by atoms with Crippen molar-refractivity contribution in [1.82, 2.24) is 15.6 Å². The molecule has 6 nitrogen and oxygen atoms in total. The summed E-state index contributed by atoms with van der Waals surface area (Å²) in [6.07, 6.45) is 6.27. The third-order valence-corrected chi connectivity index (χ3v) is 2.63. The summed E-state index contributed by atoms with van der Waals surface area (Å²) in [5.74, 6) is 0.486. The van der Waals surface area contributed by atoms with Gasteiger partial charge in [0.2, 0.25) is 0 Å². The Morgan fingerprint density at radius 2 is 2.29 bits per heavy atom. The number of hydrogen-bond donors (Lipinski definition) is 2. The van der Waals surface area contributed by atoms with Crippen LogP contribution in [0.1, 0.15) is 12.0 Å². The fourth-order valence-electron chi connectivity index (χ4n) is 1.87. The number of aromatic nitrogens is 1. The predicted octanol–water partition coefficient (Wildman–Crippen LogP) is 0.651. The SMILES string of the molecule is O=[N+]([O-])C=C1NCCC(Cc2ccncc2)N1. The molecular formula is C11H14N4O2. The van der Waals surface area contributed by atoms with Crippen LogP contribution in [0.2, 0.25) is 0 Å². The predicted molar refractivity (Wildman–Crippen MR) is 62.6 cm³/mol. The summed E-state index contributed by atoms with van der Waals surface area (Å²) in [7, 11) is 0. The standard InChI is InChI=1S/C11H14N4O2/c16-15(17)8-11-13-6-3-10(14-11)7-9-1-4-12-5-2-9/h1-2,4-5,8,10,13-14H,3,6-7H2. The monoisotopic (exact) mass is 234 g/mol. The Hall–Kier alpha value is -2.11. The number of nitro groups is 1. The minimum absolute atomic E-state index is 0.227. The van der Waals surface area contributed by atoms with Crippen LogP contribution in [0.5, 0.6) is 0 Å². The summed E-state index contributed by atoms with van der Waals surface area (Å²) in [6.45, 7) is 0.752. The molecule has 0 aliphatic carbocycles. The van der Waals surface area contributed by atoms with E-state index in [1.807, 2.05) is 12.1 Å². The Labute approximate surface area is 98.9 Å². The Bertz CT molecular complexity index is 419. The van der Waals surface area contributed by atoms with E-state index in [9.17, 15) is 10.1 Å². The van der Waals surface area contributed by atoms with E-state index < -0.39 is 4.92 Å². The second-order valence-electron chi connectivity index (χ2n) is 3.94. The van der Waals surface area contributed by atoms with Gasteiger partial charge in [-0.1, -0.05) is 0 Å². The molecule has 90 valence electrons. The maximum Gasteiger partial charge on any atom is 0.274 e. The quantitative estimate of drug-likeness (QED) is 0.593. The van der Waals surface area contributed by atoms with Crippen LogP contribution in [0.15, 0.2) is 36.5 Å². The van der Waals surface area contributed by atoms with Gasteiger partial charge in [0.1, 0.15) is 0 Å². The van der Waals surface area contributed by atoms with Crippen molar-refractivity contribution in [3.05, 3.63) is 52.2 Å². The topological polar surface area (TPSA) is 80.1 Å². The average molecular weight is 234 g/mol. The molecule has 1 unspecified atom stereocenters. The first-order valence-electron chi connectivity index (χ1n) is 5.48. The van der Waals surface area contributed by atoms with Crippen LogP contribution in [-0.2, 0) is 6.42 Å². The molecule has 1 aliphatic heterocycles. The largest absolute Gasteiger partial charge is 0.367 e. The molecule has 1 aromatic heterocycles. The van der Waals surface area contributed by atoms with Crippen molar-refractivity contribution in [2.24, 2.45) is 0 Å². The normalized spacial score (nSPS) is 21.6. The fourth-order valence-corrected chi connectivity index (χ4v) is 1.87. The van der Waals surface area contributed by atoms with Gasteiger partial charge >= 0.3 is 0 Å². The highest BCUT2D eigenvalue weighted by Crippen LogP contribution is 2.09. The van der Waals surface area contributed by atoms with Gasteiger partial charge in [-0.3, -0.25) is 15.1 Å². The summed E-state index contributed by atoms with van der Waals surface area (Å²) in [5.41, 5.74) is 1.18. The summed E-state index contributed by atoms with van der Waals surface area (Å²) in [4.78, 5) is 13.9. The summed E-state index contributed by atoms with van der Waals surface area (Å²) < 4.78 is 0. The Balaban J connectivity index is 1.96. The number of nitrogens with zero attached hydrogens (tertiary/aromatic N) is 2. The number of nitrogens with one attached hydrogen (secondary N) is 2. The van der Waals surface area contributed by atoms with E-state index in [1.54, 1.807) is 12.4 Å². The number of pyridine rings is 1. The first-order chi connectivity index (χ1) is 8.24. The van der Waals surface area contributed by atoms with Crippen molar-refractivity contribution in [3.8, 4) is 0 Å². The molecule has 1 atom stereocenters. The zero-order valence-corrected chi connectivity index (χ0v) is 9.30. The van der Waals surface area contributed by atoms with Crippen molar-refractivity contribution in [3.63, 3.8) is 0 Å². The van der Waals surface area contributed by atoms with Crippen molar-refractivity contribution in [2.75, 3.05) is 6.54 Å². The zero-order chi connectivity index (χ0) is 12.1. The lowest BCUT2D eigenvalue weighted by Gasteiger charge is -2.26. The van der Waals surface area contributed by atoms with E-state index in [4.69, 9.17) is 0 Å². The molecule has 2 heterocycles. The third-order valence-electron chi connectivity index (χ3n) is 2.63. The van der Waals surface area contributed by atoms with Gasteiger partial charge in [-0.2, -0.15) is 0 Å². The molecule has 1 fully saturated rings. The molecule has 1 saturated heterocycles. The van der Waals surface area contributed by atoms with Crippen LogP contribution in [0, 0.1) is 10.1 Å². The van der Waals surface area contributed by atoms with Crippen LogP contribution in [0.3, 0.4) is 0 Å². The fraction of sp³-hybridized carbons (Fsp3) is 0.364. The van der Waals surface area contributed by atoms with Crippen LogP contribution < -0.4 is 10.6 Å². The van der Waals surface area contributed by atoms with E-state index in [-0.39, 0.29) is 6.04 Å². The maximum atomic E-state index is 10.4. The van der Waals surface area contributed by atoms with Gasteiger partial charge in [-0.15, -0.1) is 0 Å². The highest BCUT2D eigenvalue weighted by atomic mass is 16.6. The molecule has 2 N–H and O–H groups in total. The Morgan fingerprint density at radius 1 is 1.53 bits per heavy atom. The second kappa shape index (κ2) is 5.29. The minimum atomic E-state index is -0.454. The molecule has 0 bridgehead atoms.